The summed E-state index contributed by atoms with van der Waals surface area (Å²) in [5, 5.41) is 0. The molecule has 0 unspecified atom stereocenters. The summed E-state index contributed by atoms with van der Waals surface area (Å²) < 4.78 is 15.1. The minimum absolute atomic E-state index is 0.268. The molecule has 0 aromatic rings. The maximum atomic E-state index is 11.5. The van der Waals surface area contributed by atoms with Crippen LogP contribution in [0.3, 0.4) is 0 Å². The van der Waals surface area contributed by atoms with E-state index in [-0.39, 0.29) is 5.97 Å². The predicted molar refractivity (Wildman–Crippen MR) is 59.0 cm³/mol. The largest absolute Gasteiger partial charge is 0.464 e. The van der Waals surface area contributed by atoms with Gasteiger partial charge in [0.2, 0.25) is 0 Å². The van der Waals surface area contributed by atoms with E-state index in [1.807, 2.05) is 0 Å². The molecule has 1 fully saturated rings. The van der Waals surface area contributed by atoms with Crippen LogP contribution in [0.4, 0.5) is 0 Å². The van der Waals surface area contributed by atoms with Gasteiger partial charge in [-0.2, -0.15) is 0 Å². The van der Waals surface area contributed by atoms with Crippen molar-refractivity contribution >= 4 is 5.97 Å². The van der Waals surface area contributed by atoms with E-state index in [4.69, 9.17) is 19.9 Å². The van der Waals surface area contributed by atoms with Gasteiger partial charge in [0, 0.05) is 20.1 Å². The van der Waals surface area contributed by atoms with Gasteiger partial charge in [0.15, 0.2) is 0 Å². The van der Waals surface area contributed by atoms with Gasteiger partial charge in [0.05, 0.1) is 19.8 Å². The summed E-state index contributed by atoms with van der Waals surface area (Å²) in [6, 6.07) is 0. The van der Waals surface area contributed by atoms with E-state index in [0.29, 0.717) is 32.8 Å². The van der Waals surface area contributed by atoms with Crippen LogP contribution in [-0.4, -0.2) is 45.0 Å². The fourth-order valence-corrected chi connectivity index (χ4v) is 1.48. The third kappa shape index (κ3) is 4.08. The average Bonchev–Trinajstić information content (AvgIpc) is 2.24. The van der Waals surface area contributed by atoms with Crippen LogP contribution in [0.1, 0.15) is 25.7 Å². The lowest BCUT2D eigenvalue weighted by atomic mass is 9.78. The zero-order valence-corrected chi connectivity index (χ0v) is 9.87. The molecule has 0 radical (unpaired) electrons. The highest BCUT2D eigenvalue weighted by Gasteiger charge is 2.41. The number of carbonyl (C=O) groups is 1. The first-order valence-electron chi connectivity index (χ1n) is 5.72. The van der Waals surface area contributed by atoms with Crippen molar-refractivity contribution in [3.63, 3.8) is 0 Å². The number of esters is 1. The van der Waals surface area contributed by atoms with E-state index < -0.39 is 5.54 Å². The third-order valence-electron chi connectivity index (χ3n) is 2.75. The molecule has 0 aromatic heterocycles. The molecule has 2 N–H and O–H groups in total. The van der Waals surface area contributed by atoms with Crippen molar-refractivity contribution in [3.8, 4) is 0 Å². The summed E-state index contributed by atoms with van der Waals surface area (Å²) in [5.41, 5.74) is 5.11. The van der Waals surface area contributed by atoms with Crippen molar-refractivity contribution in [1.29, 1.82) is 0 Å². The Morgan fingerprint density at radius 3 is 2.56 bits per heavy atom. The Labute approximate surface area is 96.2 Å². The van der Waals surface area contributed by atoms with Gasteiger partial charge in [-0.05, 0) is 19.3 Å². The first-order chi connectivity index (χ1) is 7.69. The summed E-state index contributed by atoms with van der Waals surface area (Å²) in [6.45, 7) is 2.12. The molecule has 0 bridgehead atoms. The van der Waals surface area contributed by atoms with Crippen molar-refractivity contribution in [2.24, 2.45) is 5.73 Å². The zero-order valence-electron chi connectivity index (χ0n) is 9.87. The minimum atomic E-state index is -0.698. The van der Waals surface area contributed by atoms with Crippen molar-refractivity contribution in [2.45, 2.75) is 31.2 Å². The highest BCUT2D eigenvalue weighted by Crippen LogP contribution is 2.30. The Balaban J connectivity index is 1.93. The van der Waals surface area contributed by atoms with Gasteiger partial charge in [0.1, 0.15) is 5.54 Å². The molecule has 5 nitrogen and oxygen atoms in total. The van der Waals surface area contributed by atoms with E-state index in [1.54, 1.807) is 7.11 Å². The number of hydrogen-bond acceptors (Lipinski definition) is 5. The second-order valence-electron chi connectivity index (χ2n) is 4.10. The highest BCUT2D eigenvalue weighted by atomic mass is 16.5. The molecule has 0 atom stereocenters. The first kappa shape index (κ1) is 13.4. The van der Waals surface area contributed by atoms with Gasteiger partial charge in [0.25, 0.3) is 0 Å². The van der Waals surface area contributed by atoms with Gasteiger partial charge >= 0.3 is 5.97 Å². The molecule has 1 rings (SSSR count). The van der Waals surface area contributed by atoms with Crippen LogP contribution in [-0.2, 0) is 19.0 Å². The predicted octanol–water partition coefficient (Wildman–Crippen LogP) is 0.464. The number of rotatable bonds is 8. The monoisotopic (exact) mass is 231 g/mol. The Morgan fingerprint density at radius 1 is 1.25 bits per heavy atom. The van der Waals surface area contributed by atoms with Gasteiger partial charge in [-0.3, -0.25) is 4.79 Å². The zero-order chi connectivity index (χ0) is 11.9. The van der Waals surface area contributed by atoms with Crippen molar-refractivity contribution in [1.82, 2.24) is 0 Å². The highest BCUT2D eigenvalue weighted by molar-refractivity contribution is 5.81. The number of nitrogens with two attached hydrogens (primary N) is 1. The molecule has 0 spiro atoms. The molecule has 0 saturated heterocycles. The van der Waals surface area contributed by atoms with Crippen molar-refractivity contribution in [3.05, 3.63) is 0 Å². The number of carbonyl (C=O) groups excluding carboxylic acids is 1. The topological polar surface area (TPSA) is 70.8 Å². The molecule has 0 amide bonds. The molecule has 94 valence electrons. The Bertz CT molecular complexity index is 216. The van der Waals surface area contributed by atoms with Crippen molar-refractivity contribution < 1.29 is 19.0 Å². The van der Waals surface area contributed by atoms with Gasteiger partial charge in [-0.15, -0.1) is 0 Å². The second-order valence-corrected chi connectivity index (χ2v) is 4.10. The fraction of sp³-hybridized carbons (Fsp3) is 0.909. The van der Waals surface area contributed by atoms with Gasteiger partial charge in [-0.25, -0.2) is 0 Å². The van der Waals surface area contributed by atoms with Crippen LogP contribution in [0.15, 0.2) is 0 Å². The Kier molecular flexibility index (Phi) is 5.73. The Hall–Kier alpha value is -0.650. The molecule has 1 saturated carbocycles. The molecule has 1 aliphatic carbocycles. The first-order valence-corrected chi connectivity index (χ1v) is 5.72. The molecule has 5 heteroatoms. The van der Waals surface area contributed by atoms with E-state index in [9.17, 15) is 4.79 Å². The molecule has 1 aliphatic rings. The lowest BCUT2D eigenvalue weighted by Crippen LogP contribution is -2.54. The number of hydrogen-bond donors (Lipinski definition) is 1. The summed E-state index contributed by atoms with van der Waals surface area (Å²) in [5.74, 6) is -0.268. The van der Waals surface area contributed by atoms with Gasteiger partial charge < -0.3 is 19.9 Å². The van der Waals surface area contributed by atoms with Crippen LogP contribution in [0.25, 0.3) is 0 Å². The summed E-state index contributed by atoms with van der Waals surface area (Å²) in [4.78, 5) is 11.5. The van der Waals surface area contributed by atoms with E-state index in [1.165, 1.54) is 0 Å². The molecule has 0 aliphatic heterocycles. The summed E-state index contributed by atoms with van der Waals surface area (Å²) in [7, 11) is 1.63. The maximum absolute atomic E-state index is 11.5. The van der Waals surface area contributed by atoms with Crippen LogP contribution in [0.5, 0.6) is 0 Å². The SMILES string of the molecule is COCCOCCCOC(=O)C1(N)CCC1. The summed E-state index contributed by atoms with van der Waals surface area (Å²) >= 11 is 0. The standard InChI is InChI=1S/C11H21NO4/c1-14-8-9-15-6-3-7-16-10(13)11(12)4-2-5-11/h2-9,12H2,1H3. The Morgan fingerprint density at radius 2 is 2.00 bits per heavy atom. The van der Waals surface area contributed by atoms with Crippen molar-refractivity contribution in [2.75, 3.05) is 33.5 Å². The number of methoxy groups -OCH3 is 1. The maximum Gasteiger partial charge on any atom is 0.326 e. The fourth-order valence-electron chi connectivity index (χ4n) is 1.48. The minimum Gasteiger partial charge on any atom is -0.464 e. The van der Waals surface area contributed by atoms with Gasteiger partial charge in [-0.1, -0.05) is 0 Å². The van der Waals surface area contributed by atoms with Crippen LogP contribution in [0.2, 0.25) is 0 Å². The van der Waals surface area contributed by atoms with Crippen LogP contribution < -0.4 is 5.73 Å². The molecular formula is C11H21NO4. The molecular weight excluding hydrogens is 210 g/mol. The van der Waals surface area contributed by atoms with E-state index in [0.717, 1.165) is 19.3 Å². The average molecular weight is 231 g/mol. The summed E-state index contributed by atoms with van der Waals surface area (Å²) in [6.07, 6.45) is 3.21. The smallest absolute Gasteiger partial charge is 0.326 e. The quantitative estimate of drug-likeness (QED) is 0.485. The van der Waals surface area contributed by atoms with E-state index >= 15 is 0 Å². The second kappa shape index (κ2) is 6.83. The normalized spacial score (nSPS) is 17.9. The number of ether oxygens (including phenoxy) is 3. The molecule has 0 aromatic carbocycles. The van der Waals surface area contributed by atoms with E-state index in [2.05, 4.69) is 0 Å². The molecule has 0 heterocycles. The van der Waals surface area contributed by atoms with Crippen LogP contribution in [0, 0.1) is 0 Å². The lowest BCUT2D eigenvalue weighted by molar-refractivity contribution is -0.154. The third-order valence-corrected chi connectivity index (χ3v) is 2.75. The van der Waals surface area contributed by atoms with Crippen LogP contribution >= 0.6 is 0 Å². The molecule has 16 heavy (non-hydrogen) atoms. The lowest BCUT2D eigenvalue weighted by Gasteiger charge is -2.35.